The van der Waals surface area contributed by atoms with Gasteiger partial charge in [-0.2, -0.15) is 10.1 Å². The minimum atomic E-state index is -0.515. The second-order valence-corrected chi connectivity index (χ2v) is 8.58. The molecule has 188 valence electrons. The van der Waals surface area contributed by atoms with E-state index in [1.165, 1.54) is 0 Å². The van der Waals surface area contributed by atoms with Crippen molar-refractivity contribution in [3.05, 3.63) is 89.3 Å². The molecule has 0 radical (unpaired) electrons. The van der Waals surface area contributed by atoms with Crippen molar-refractivity contribution < 1.29 is 23.7 Å². The number of methoxy groups -OCH3 is 4. The van der Waals surface area contributed by atoms with Crippen LogP contribution in [0.4, 0.5) is 5.95 Å². The van der Waals surface area contributed by atoms with Gasteiger partial charge in [0.25, 0.3) is 0 Å². The van der Waals surface area contributed by atoms with E-state index >= 15 is 0 Å². The van der Waals surface area contributed by atoms with Crippen LogP contribution >= 0.6 is 0 Å². The molecule has 1 aromatic heterocycles. The Balaban J connectivity index is 1.64. The summed E-state index contributed by atoms with van der Waals surface area (Å²) in [5, 5.41) is 8.10. The van der Waals surface area contributed by atoms with Crippen LogP contribution in [0.3, 0.4) is 0 Å². The van der Waals surface area contributed by atoms with E-state index in [0.717, 1.165) is 39.5 Å². The van der Waals surface area contributed by atoms with Crippen LogP contribution in [0, 0.1) is 0 Å². The summed E-state index contributed by atoms with van der Waals surface area (Å²) in [6, 6.07) is 19.3. The molecular weight excluding hydrogens is 472 g/mol. The maximum Gasteiger partial charge on any atom is 0.226 e. The van der Waals surface area contributed by atoms with Crippen LogP contribution in [0.15, 0.2) is 72.6 Å². The number of fused-ring (bicyclic) bond motifs is 3. The lowest BCUT2D eigenvalue weighted by molar-refractivity contribution is 0.220. The van der Waals surface area contributed by atoms with Crippen molar-refractivity contribution in [1.29, 1.82) is 0 Å². The number of para-hydroxylation sites is 2. The predicted octanol–water partition coefficient (Wildman–Crippen LogP) is 4.87. The third-order valence-corrected chi connectivity index (χ3v) is 6.74. The smallest absolute Gasteiger partial charge is 0.226 e. The van der Waals surface area contributed by atoms with E-state index in [1.54, 1.807) is 34.8 Å². The average Bonchev–Trinajstić information content (AvgIpc) is 3.43. The lowest BCUT2D eigenvalue weighted by Crippen LogP contribution is -2.32. The summed E-state index contributed by atoms with van der Waals surface area (Å²) in [5.41, 5.74) is 4.58. The van der Waals surface area contributed by atoms with E-state index < -0.39 is 6.10 Å². The van der Waals surface area contributed by atoms with Gasteiger partial charge in [-0.3, -0.25) is 0 Å². The third-order valence-electron chi connectivity index (χ3n) is 6.74. The minimum absolute atomic E-state index is 0.359. The molecule has 3 aromatic carbocycles. The summed E-state index contributed by atoms with van der Waals surface area (Å²) in [5.74, 6) is 3.72. The zero-order chi connectivity index (χ0) is 25.5. The number of benzene rings is 3. The van der Waals surface area contributed by atoms with Crippen molar-refractivity contribution in [3.63, 3.8) is 0 Å². The highest BCUT2D eigenvalue weighted by Gasteiger charge is 2.42. The second kappa shape index (κ2) is 9.09. The standard InChI is InChI=1S/C28H26N4O5/c1-33-19-11-7-6-10-18(19)25-23-24(31-28-29-15-30-32(25)28)17-9-5-8-12-20(17)37-26(23)16-13-21(34-2)27(36-4)22(14-16)35-3/h5-15,25-26H,1-4H3,(H,29,30,31)/t25-,26+/m0/s1. The molecule has 0 bridgehead atoms. The van der Waals surface area contributed by atoms with Gasteiger partial charge in [-0.05, 0) is 30.3 Å². The fraction of sp³-hybridized carbons (Fsp3) is 0.214. The molecule has 0 spiro atoms. The van der Waals surface area contributed by atoms with E-state index in [4.69, 9.17) is 23.7 Å². The molecule has 2 aliphatic rings. The first-order chi connectivity index (χ1) is 18.2. The van der Waals surface area contributed by atoms with Crippen LogP contribution < -0.4 is 29.0 Å². The molecule has 2 aliphatic heterocycles. The van der Waals surface area contributed by atoms with Gasteiger partial charge in [-0.15, -0.1) is 0 Å². The Morgan fingerprint density at radius 3 is 2.27 bits per heavy atom. The molecule has 1 N–H and O–H groups in total. The van der Waals surface area contributed by atoms with Crippen molar-refractivity contribution in [1.82, 2.24) is 14.8 Å². The monoisotopic (exact) mass is 498 g/mol. The molecule has 3 heterocycles. The van der Waals surface area contributed by atoms with Crippen LogP contribution in [0.5, 0.6) is 28.7 Å². The summed E-state index contributed by atoms with van der Waals surface area (Å²) in [6.45, 7) is 0. The molecule has 0 aliphatic carbocycles. The molecule has 4 aromatic rings. The number of aromatic nitrogens is 3. The minimum Gasteiger partial charge on any atom is -0.496 e. The number of nitrogens with one attached hydrogen (secondary N) is 1. The molecule has 0 fully saturated rings. The number of hydrogen-bond acceptors (Lipinski definition) is 8. The molecule has 0 unspecified atom stereocenters. The van der Waals surface area contributed by atoms with Gasteiger partial charge in [0.05, 0.1) is 34.1 Å². The quantitative estimate of drug-likeness (QED) is 0.403. The zero-order valence-corrected chi connectivity index (χ0v) is 20.9. The van der Waals surface area contributed by atoms with Crippen molar-refractivity contribution in [3.8, 4) is 28.7 Å². The van der Waals surface area contributed by atoms with Crippen molar-refractivity contribution >= 4 is 11.6 Å². The first-order valence-corrected chi connectivity index (χ1v) is 11.8. The Bertz CT molecular complexity index is 1490. The molecule has 37 heavy (non-hydrogen) atoms. The van der Waals surface area contributed by atoms with E-state index in [9.17, 15) is 0 Å². The molecule has 0 saturated heterocycles. The first-order valence-electron chi connectivity index (χ1n) is 11.8. The zero-order valence-electron chi connectivity index (χ0n) is 20.9. The lowest BCUT2D eigenvalue weighted by atomic mass is 9.84. The van der Waals surface area contributed by atoms with Gasteiger partial charge >= 0.3 is 0 Å². The number of nitrogens with zero attached hydrogens (tertiary/aromatic N) is 3. The van der Waals surface area contributed by atoms with Crippen molar-refractivity contribution in [2.45, 2.75) is 12.1 Å². The Morgan fingerprint density at radius 1 is 0.838 bits per heavy atom. The van der Waals surface area contributed by atoms with Crippen LogP contribution in [0.2, 0.25) is 0 Å². The van der Waals surface area contributed by atoms with E-state index in [0.29, 0.717) is 23.2 Å². The fourth-order valence-electron chi connectivity index (χ4n) is 5.14. The number of ether oxygens (including phenoxy) is 5. The van der Waals surface area contributed by atoms with Gasteiger partial charge in [-0.25, -0.2) is 4.68 Å². The Morgan fingerprint density at radius 2 is 1.54 bits per heavy atom. The SMILES string of the molecule is COc1ccccc1[C@H]1C2=C(Nc3ncnn31)c1ccccc1O[C@@H]2c1cc(OC)c(OC)c(OC)c1. The normalized spacial score (nSPS) is 17.5. The van der Waals surface area contributed by atoms with Crippen LogP contribution in [0.25, 0.3) is 5.70 Å². The number of hydrogen-bond donors (Lipinski definition) is 1. The molecular formula is C28H26N4O5. The Labute approximate surface area is 214 Å². The topological polar surface area (TPSA) is 88.9 Å². The van der Waals surface area contributed by atoms with Gasteiger partial charge < -0.3 is 29.0 Å². The highest BCUT2D eigenvalue weighted by Crippen LogP contribution is 2.53. The van der Waals surface area contributed by atoms with Crippen molar-refractivity contribution in [2.24, 2.45) is 0 Å². The highest BCUT2D eigenvalue weighted by atomic mass is 16.5. The van der Waals surface area contributed by atoms with Gasteiger partial charge in [0.2, 0.25) is 11.7 Å². The molecule has 9 heteroatoms. The van der Waals surface area contributed by atoms with Crippen LogP contribution in [-0.2, 0) is 0 Å². The second-order valence-electron chi connectivity index (χ2n) is 8.58. The summed E-state index contributed by atoms with van der Waals surface area (Å²) in [7, 11) is 6.46. The van der Waals surface area contributed by atoms with E-state index in [-0.39, 0.29) is 6.04 Å². The summed E-state index contributed by atoms with van der Waals surface area (Å²) < 4.78 is 31.3. The van der Waals surface area contributed by atoms with E-state index in [1.807, 2.05) is 65.3 Å². The molecule has 0 amide bonds. The van der Waals surface area contributed by atoms with Gasteiger partial charge in [0.1, 0.15) is 30.0 Å². The third kappa shape index (κ3) is 3.54. The number of rotatable bonds is 6. The molecule has 0 saturated carbocycles. The average molecular weight is 499 g/mol. The first kappa shape index (κ1) is 22.8. The number of anilines is 1. The Hall–Kier alpha value is -4.66. The highest BCUT2D eigenvalue weighted by molar-refractivity contribution is 5.85. The summed E-state index contributed by atoms with van der Waals surface area (Å²) in [4.78, 5) is 4.50. The summed E-state index contributed by atoms with van der Waals surface area (Å²) in [6.07, 6.45) is 1.03. The van der Waals surface area contributed by atoms with E-state index in [2.05, 4.69) is 15.4 Å². The van der Waals surface area contributed by atoms with Gasteiger partial charge in [-0.1, -0.05) is 30.3 Å². The molecule has 6 rings (SSSR count). The summed E-state index contributed by atoms with van der Waals surface area (Å²) >= 11 is 0. The van der Waals surface area contributed by atoms with Crippen molar-refractivity contribution in [2.75, 3.05) is 33.8 Å². The van der Waals surface area contributed by atoms with Gasteiger partial charge in [0.15, 0.2) is 11.5 Å². The maximum absolute atomic E-state index is 6.72. The maximum atomic E-state index is 6.72. The fourth-order valence-corrected chi connectivity index (χ4v) is 5.14. The predicted molar refractivity (Wildman–Crippen MR) is 138 cm³/mol. The lowest BCUT2D eigenvalue weighted by Gasteiger charge is -2.39. The van der Waals surface area contributed by atoms with Gasteiger partial charge in [0, 0.05) is 22.3 Å². The molecule has 2 atom stereocenters. The molecule has 9 nitrogen and oxygen atoms in total. The Kier molecular flexibility index (Phi) is 5.60. The van der Waals surface area contributed by atoms with Crippen LogP contribution in [0.1, 0.15) is 28.8 Å². The largest absolute Gasteiger partial charge is 0.496 e. The van der Waals surface area contributed by atoms with Crippen LogP contribution in [-0.4, -0.2) is 43.2 Å².